The summed E-state index contributed by atoms with van der Waals surface area (Å²) in [4.78, 5) is 17.1. The molecule has 0 aliphatic carbocycles. The van der Waals surface area contributed by atoms with Gasteiger partial charge in [-0.2, -0.15) is 0 Å². The number of ether oxygens (including phenoxy) is 1. The first-order valence-corrected chi connectivity index (χ1v) is 7.15. The minimum atomic E-state index is -0.840. The Labute approximate surface area is 129 Å². The molecule has 22 heavy (non-hydrogen) atoms. The topological polar surface area (TPSA) is 75.8 Å². The number of aromatic nitrogens is 1. The van der Waals surface area contributed by atoms with E-state index in [4.69, 9.17) is 14.3 Å². The summed E-state index contributed by atoms with van der Waals surface area (Å²) in [6.07, 6.45) is 2.46. The molecular weight excluding hydrogens is 284 g/mol. The molecule has 0 saturated heterocycles. The van der Waals surface area contributed by atoms with Gasteiger partial charge < -0.3 is 14.3 Å². The molecule has 0 saturated carbocycles. The van der Waals surface area contributed by atoms with Crippen LogP contribution in [0.15, 0.2) is 34.9 Å². The Morgan fingerprint density at radius 3 is 2.68 bits per heavy atom. The lowest BCUT2D eigenvalue weighted by Gasteiger charge is -2.17. The normalized spacial score (nSPS) is 10.9. The Balaban J connectivity index is 2.07. The molecule has 0 unspecified atom stereocenters. The molecule has 2 aromatic rings. The van der Waals surface area contributed by atoms with Crippen LogP contribution >= 0.6 is 0 Å². The Bertz CT molecular complexity index is 607. The van der Waals surface area contributed by atoms with Crippen LogP contribution in [-0.4, -0.2) is 41.2 Å². The van der Waals surface area contributed by atoms with Crippen molar-refractivity contribution in [2.75, 3.05) is 20.2 Å². The lowest BCUT2D eigenvalue weighted by molar-refractivity contribution is -0.138. The summed E-state index contributed by atoms with van der Waals surface area (Å²) in [7, 11) is 1.61. The van der Waals surface area contributed by atoms with Gasteiger partial charge in [0.15, 0.2) is 0 Å². The van der Waals surface area contributed by atoms with Gasteiger partial charge in [-0.15, -0.1) is 0 Å². The van der Waals surface area contributed by atoms with E-state index in [-0.39, 0.29) is 6.54 Å². The van der Waals surface area contributed by atoms with E-state index in [0.717, 1.165) is 23.4 Å². The Morgan fingerprint density at radius 2 is 2.09 bits per heavy atom. The molecule has 0 spiro atoms. The number of aliphatic carboxylic acids is 1. The highest BCUT2D eigenvalue weighted by atomic mass is 16.5. The fourth-order valence-corrected chi connectivity index (χ4v) is 2.20. The number of oxazole rings is 1. The summed E-state index contributed by atoms with van der Waals surface area (Å²) in [6.45, 7) is 3.18. The van der Waals surface area contributed by atoms with E-state index in [1.54, 1.807) is 13.4 Å². The fraction of sp³-hybridized carbons (Fsp3) is 0.375. The van der Waals surface area contributed by atoms with Crippen LogP contribution in [0.4, 0.5) is 0 Å². The number of carbonyl (C=O) groups is 1. The number of rotatable bonds is 8. The molecule has 1 aromatic heterocycles. The summed E-state index contributed by atoms with van der Waals surface area (Å²) in [5.74, 6) is 0.447. The minimum Gasteiger partial charge on any atom is -0.497 e. The number of hydrogen-bond acceptors (Lipinski definition) is 5. The number of carboxylic acid groups (broad SMARTS) is 1. The SMILES string of the molecule is CCCN(CC(=O)O)Cc1coc(-c2ccc(OC)cc2)n1. The highest BCUT2D eigenvalue weighted by molar-refractivity contribution is 5.69. The summed E-state index contributed by atoms with van der Waals surface area (Å²) >= 11 is 0. The van der Waals surface area contributed by atoms with Crippen molar-refractivity contribution in [1.29, 1.82) is 0 Å². The van der Waals surface area contributed by atoms with Crippen LogP contribution in [0.1, 0.15) is 19.0 Å². The largest absolute Gasteiger partial charge is 0.497 e. The highest BCUT2D eigenvalue weighted by Crippen LogP contribution is 2.22. The Hall–Kier alpha value is -2.34. The Morgan fingerprint density at radius 1 is 1.36 bits per heavy atom. The van der Waals surface area contributed by atoms with Crippen LogP contribution in [0.2, 0.25) is 0 Å². The van der Waals surface area contributed by atoms with E-state index >= 15 is 0 Å². The summed E-state index contributed by atoms with van der Waals surface area (Å²) in [6, 6.07) is 7.42. The maximum absolute atomic E-state index is 10.9. The minimum absolute atomic E-state index is 0.00142. The molecule has 0 aliphatic rings. The quantitative estimate of drug-likeness (QED) is 0.808. The zero-order chi connectivity index (χ0) is 15.9. The maximum atomic E-state index is 10.9. The molecule has 1 aromatic carbocycles. The van der Waals surface area contributed by atoms with Crippen molar-refractivity contribution in [1.82, 2.24) is 9.88 Å². The average Bonchev–Trinajstić information content (AvgIpc) is 2.95. The number of carboxylic acids is 1. The summed E-state index contributed by atoms with van der Waals surface area (Å²) in [5, 5.41) is 8.92. The first-order valence-electron chi connectivity index (χ1n) is 7.15. The predicted octanol–water partition coefficient (Wildman–Crippen LogP) is 2.65. The van der Waals surface area contributed by atoms with Crippen LogP contribution in [0.3, 0.4) is 0 Å². The third-order valence-corrected chi connectivity index (χ3v) is 3.17. The molecule has 118 valence electrons. The van der Waals surface area contributed by atoms with E-state index < -0.39 is 5.97 Å². The smallest absolute Gasteiger partial charge is 0.317 e. The van der Waals surface area contributed by atoms with Gasteiger partial charge in [-0.1, -0.05) is 6.92 Å². The Kier molecular flexibility index (Phi) is 5.55. The molecular formula is C16H20N2O4. The molecule has 0 radical (unpaired) electrons. The summed E-state index contributed by atoms with van der Waals surface area (Å²) in [5.41, 5.74) is 1.58. The first kappa shape index (κ1) is 16.0. The van der Waals surface area contributed by atoms with Crippen LogP contribution in [0.5, 0.6) is 5.75 Å². The molecule has 0 atom stereocenters. The van der Waals surface area contributed by atoms with E-state index in [0.29, 0.717) is 19.0 Å². The van der Waals surface area contributed by atoms with E-state index in [1.165, 1.54) is 0 Å². The van der Waals surface area contributed by atoms with E-state index in [9.17, 15) is 4.79 Å². The third-order valence-electron chi connectivity index (χ3n) is 3.17. The highest BCUT2D eigenvalue weighted by Gasteiger charge is 2.13. The second-order valence-corrected chi connectivity index (χ2v) is 4.98. The predicted molar refractivity (Wildman–Crippen MR) is 81.7 cm³/mol. The molecule has 0 amide bonds. The monoisotopic (exact) mass is 304 g/mol. The molecule has 0 bridgehead atoms. The van der Waals surface area contributed by atoms with Crippen LogP contribution in [0.25, 0.3) is 11.5 Å². The van der Waals surface area contributed by atoms with Crippen LogP contribution in [-0.2, 0) is 11.3 Å². The lowest BCUT2D eigenvalue weighted by Crippen LogP contribution is -2.30. The number of hydrogen-bond donors (Lipinski definition) is 1. The molecule has 1 heterocycles. The molecule has 0 fully saturated rings. The van der Waals surface area contributed by atoms with Gasteiger partial charge in [0.25, 0.3) is 0 Å². The van der Waals surface area contributed by atoms with Crippen molar-refractivity contribution in [3.63, 3.8) is 0 Å². The third kappa shape index (κ3) is 4.33. The lowest BCUT2D eigenvalue weighted by atomic mass is 10.2. The van der Waals surface area contributed by atoms with Gasteiger partial charge in [-0.3, -0.25) is 9.69 Å². The zero-order valence-corrected chi connectivity index (χ0v) is 12.8. The van der Waals surface area contributed by atoms with E-state index in [2.05, 4.69) is 4.98 Å². The zero-order valence-electron chi connectivity index (χ0n) is 12.8. The molecule has 6 heteroatoms. The van der Waals surface area contributed by atoms with Crippen molar-refractivity contribution < 1.29 is 19.1 Å². The van der Waals surface area contributed by atoms with Crippen molar-refractivity contribution in [2.24, 2.45) is 0 Å². The van der Waals surface area contributed by atoms with Crippen molar-refractivity contribution in [3.8, 4) is 17.2 Å². The average molecular weight is 304 g/mol. The number of methoxy groups -OCH3 is 1. The van der Waals surface area contributed by atoms with Crippen molar-refractivity contribution in [2.45, 2.75) is 19.9 Å². The summed E-state index contributed by atoms with van der Waals surface area (Å²) < 4.78 is 10.6. The van der Waals surface area contributed by atoms with Gasteiger partial charge in [-0.05, 0) is 37.2 Å². The van der Waals surface area contributed by atoms with Crippen molar-refractivity contribution in [3.05, 3.63) is 36.2 Å². The second-order valence-electron chi connectivity index (χ2n) is 4.98. The maximum Gasteiger partial charge on any atom is 0.317 e. The molecule has 1 N–H and O–H groups in total. The van der Waals surface area contributed by atoms with Crippen LogP contribution in [0, 0.1) is 0 Å². The first-order chi connectivity index (χ1) is 10.6. The van der Waals surface area contributed by atoms with Gasteiger partial charge in [0, 0.05) is 12.1 Å². The van der Waals surface area contributed by atoms with Gasteiger partial charge in [-0.25, -0.2) is 4.98 Å². The van der Waals surface area contributed by atoms with Gasteiger partial charge in [0.2, 0.25) is 5.89 Å². The second kappa shape index (κ2) is 7.61. The molecule has 0 aliphatic heterocycles. The number of benzene rings is 1. The number of nitrogens with zero attached hydrogens (tertiary/aromatic N) is 2. The van der Waals surface area contributed by atoms with Gasteiger partial charge in [0.1, 0.15) is 12.0 Å². The standard InChI is InChI=1S/C16H20N2O4/c1-3-8-18(10-15(19)20)9-13-11-22-16(17-13)12-4-6-14(21-2)7-5-12/h4-7,11H,3,8-10H2,1-2H3,(H,19,20). The van der Waals surface area contributed by atoms with Gasteiger partial charge >= 0.3 is 5.97 Å². The molecule has 6 nitrogen and oxygen atoms in total. The fourth-order valence-electron chi connectivity index (χ4n) is 2.20. The van der Waals surface area contributed by atoms with Crippen molar-refractivity contribution >= 4 is 5.97 Å². The van der Waals surface area contributed by atoms with Crippen LogP contribution < -0.4 is 4.74 Å². The molecule has 2 rings (SSSR count). The van der Waals surface area contributed by atoms with Gasteiger partial charge in [0.05, 0.1) is 19.3 Å². The van der Waals surface area contributed by atoms with E-state index in [1.807, 2.05) is 36.1 Å².